The van der Waals surface area contributed by atoms with Gasteiger partial charge in [0.2, 0.25) is 0 Å². The van der Waals surface area contributed by atoms with Crippen LogP contribution in [0.5, 0.6) is 0 Å². The third-order valence-corrected chi connectivity index (χ3v) is 3.31. The molecule has 0 bridgehead atoms. The Balaban J connectivity index is 2.14. The molecule has 15 heavy (non-hydrogen) atoms. The second-order valence-corrected chi connectivity index (χ2v) is 4.42. The summed E-state index contributed by atoms with van der Waals surface area (Å²) >= 11 is 5.95. The molecule has 4 heteroatoms. The van der Waals surface area contributed by atoms with Crippen LogP contribution in [-0.2, 0) is 6.42 Å². The Labute approximate surface area is 94.5 Å². The van der Waals surface area contributed by atoms with Crippen molar-refractivity contribution >= 4 is 11.6 Å². The van der Waals surface area contributed by atoms with E-state index in [1.54, 1.807) is 0 Å². The quantitative estimate of drug-likeness (QED) is 0.837. The van der Waals surface area contributed by atoms with E-state index >= 15 is 0 Å². The van der Waals surface area contributed by atoms with Gasteiger partial charge in [0.15, 0.2) is 5.15 Å². The van der Waals surface area contributed by atoms with Crippen LogP contribution in [0.2, 0.25) is 5.15 Å². The largest absolute Gasteiger partial charge is 0.343 e. The van der Waals surface area contributed by atoms with Crippen LogP contribution in [0, 0.1) is 11.3 Å². The van der Waals surface area contributed by atoms with Crippen molar-refractivity contribution in [3.63, 3.8) is 0 Å². The second-order valence-electron chi connectivity index (χ2n) is 4.06. The number of halogens is 1. The van der Waals surface area contributed by atoms with Crippen molar-refractivity contribution in [3.8, 4) is 6.07 Å². The maximum atomic E-state index is 8.61. The molecule has 0 unspecified atom stereocenters. The van der Waals surface area contributed by atoms with Crippen molar-refractivity contribution in [2.45, 2.75) is 44.4 Å². The molecule has 1 aliphatic carbocycles. The van der Waals surface area contributed by atoms with Crippen LogP contribution in [0.4, 0.5) is 0 Å². The molecule has 0 atom stereocenters. The molecule has 0 saturated heterocycles. The van der Waals surface area contributed by atoms with Gasteiger partial charge in [-0.2, -0.15) is 5.26 Å². The summed E-state index contributed by atoms with van der Waals surface area (Å²) < 4.78 is 0. The molecule has 1 aromatic rings. The fourth-order valence-corrected chi connectivity index (χ4v) is 2.38. The number of H-pyrrole nitrogens is 1. The molecule has 1 aliphatic rings. The highest BCUT2D eigenvalue weighted by molar-refractivity contribution is 6.30. The zero-order valence-corrected chi connectivity index (χ0v) is 9.35. The lowest BCUT2D eigenvalue weighted by atomic mass is 9.89. The normalized spacial score (nSPS) is 17.6. The minimum atomic E-state index is 0.318. The number of nitrogens with zero attached hydrogens (tertiary/aromatic N) is 2. The number of hydrogen-bond donors (Lipinski definition) is 1. The summed E-state index contributed by atoms with van der Waals surface area (Å²) in [6.07, 6.45) is 6.58. The molecule has 1 N–H and O–H groups in total. The number of nitriles is 1. The molecule has 0 aliphatic heterocycles. The van der Waals surface area contributed by atoms with Gasteiger partial charge < -0.3 is 4.98 Å². The lowest BCUT2D eigenvalue weighted by molar-refractivity contribution is 0.430. The van der Waals surface area contributed by atoms with E-state index in [2.05, 4.69) is 16.0 Å². The van der Waals surface area contributed by atoms with Gasteiger partial charge >= 0.3 is 0 Å². The Bertz CT molecular complexity index is 372. The molecule has 0 amide bonds. The average Bonchev–Trinajstić information content (AvgIpc) is 2.63. The van der Waals surface area contributed by atoms with Crippen LogP contribution in [0.3, 0.4) is 0 Å². The Morgan fingerprint density at radius 3 is 2.80 bits per heavy atom. The van der Waals surface area contributed by atoms with Gasteiger partial charge in [-0.25, -0.2) is 4.98 Å². The summed E-state index contributed by atoms with van der Waals surface area (Å²) in [6, 6.07) is 2.09. The van der Waals surface area contributed by atoms with Gasteiger partial charge in [-0.3, -0.25) is 0 Å². The van der Waals surface area contributed by atoms with E-state index in [0.29, 0.717) is 17.5 Å². The van der Waals surface area contributed by atoms with E-state index in [0.717, 1.165) is 11.5 Å². The second kappa shape index (κ2) is 4.67. The number of imidazole rings is 1. The maximum absolute atomic E-state index is 8.61. The van der Waals surface area contributed by atoms with Crippen molar-refractivity contribution in [2.75, 3.05) is 0 Å². The summed E-state index contributed by atoms with van der Waals surface area (Å²) in [4.78, 5) is 7.50. The minimum absolute atomic E-state index is 0.318. The highest BCUT2D eigenvalue weighted by Gasteiger charge is 2.19. The molecule has 3 nitrogen and oxygen atoms in total. The molecule has 0 radical (unpaired) electrons. The van der Waals surface area contributed by atoms with Crippen LogP contribution >= 0.6 is 11.6 Å². The van der Waals surface area contributed by atoms with Crippen molar-refractivity contribution in [1.29, 1.82) is 5.26 Å². The maximum Gasteiger partial charge on any atom is 0.151 e. The molecule has 2 rings (SSSR count). The van der Waals surface area contributed by atoms with Gasteiger partial charge in [-0.1, -0.05) is 30.9 Å². The summed E-state index contributed by atoms with van der Waals surface area (Å²) in [5, 5.41) is 9.08. The van der Waals surface area contributed by atoms with E-state index < -0.39 is 0 Å². The van der Waals surface area contributed by atoms with Crippen molar-refractivity contribution in [3.05, 3.63) is 16.7 Å². The molecule has 1 saturated carbocycles. The van der Waals surface area contributed by atoms with Gasteiger partial charge in [-0.15, -0.1) is 0 Å². The standard InChI is InChI=1S/C11H14ClN3/c12-10-9(6-7-13)14-11(15-10)8-4-2-1-3-5-8/h8H,1-6H2,(H,14,15). The monoisotopic (exact) mass is 223 g/mol. The lowest BCUT2D eigenvalue weighted by Crippen LogP contribution is -2.06. The number of nitrogens with one attached hydrogen (secondary N) is 1. The molecule has 0 spiro atoms. The zero-order chi connectivity index (χ0) is 10.7. The highest BCUT2D eigenvalue weighted by atomic mass is 35.5. The lowest BCUT2D eigenvalue weighted by Gasteiger charge is -2.19. The van der Waals surface area contributed by atoms with E-state index in [1.807, 2.05) is 0 Å². The zero-order valence-electron chi connectivity index (χ0n) is 8.59. The van der Waals surface area contributed by atoms with Gasteiger partial charge in [0.25, 0.3) is 0 Å². The fourth-order valence-electron chi connectivity index (χ4n) is 2.17. The Kier molecular flexibility index (Phi) is 3.27. The van der Waals surface area contributed by atoms with Crippen molar-refractivity contribution in [1.82, 2.24) is 9.97 Å². The first-order valence-electron chi connectivity index (χ1n) is 5.42. The van der Waals surface area contributed by atoms with Gasteiger partial charge in [0.1, 0.15) is 5.82 Å². The Hall–Kier alpha value is -1.01. The highest BCUT2D eigenvalue weighted by Crippen LogP contribution is 2.32. The van der Waals surface area contributed by atoms with E-state index in [1.165, 1.54) is 32.1 Å². The van der Waals surface area contributed by atoms with Gasteiger partial charge in [0, 0.05) is 5.92 Å². The van der Waals surface area contributed by atoms with Crippen molar-refractivity contribution < 1.29 is 0 Å². The molecule has 1 fully saturated rings. The summed E-state index contributed by atoms with van der Waals surface area (Å²) in [5.41, 5.74) is 0.764. The summed E-state index contributed by atoms with van der Waals surface area (Å²) in [7, 11) is 0. The Morgan fingerprint density at radius 2 is 2.13 bits per heavy atom. The van der Waals surface area contributed by atoms with Crippen LogP contribution < -0.4 is 0 Å². The van der Waals surface area contributed by atoms with Crippen LogP contribution in [-0.4, -0.2) is 9.97 Å². The number of hydrogen-bond acceptors (Lipinski definition) is 2. The molecule has 0 aromatic carbocycles. The van der Waals surface area contributed by atoms with Crippen LogP contribution in [0.25, 0.3) is 0 Å². The minimum Gasteiger partial charge on any atom is -0.343 e. The topological polar surface area (TPSA) is 52.5 Å². The fraction of sp³-hybridized carbons (Fsp3) is 0.636. The van der Waals surface area contributed by atoms with Crippen molar-refractivity contribution in [2.24, 2.45) is 0 Å². The van der Waals surface area contributed by atoms with Gasteiger partial charge in [0.05, 0.1) is 18.2 Å². The van der Waals surface area contributed by atoms with E-state index in [4.69, 9.17) is 16.9 Å². The molecule has 1 aromatic heterocycles. The van der Waals surface area contributed by atoms with E-state index in [-0.39, 0.29) is 0 Å². The predicted octanol–water partition coefficient (Wildman–Crippen LogP) is 3.18. The average molecular weight is 224 g/mol. The van der Waals surface area contributed by atoms with Crippen LogP contribution in [0.1, 0.15) is 49.5 Å². The van der Waals surface area contributed by atoms with Crippen LogP contribution in [0.15, 0.2) is 0 Å². The third-order valence-electron chi connectivity index (χ3n) is 2.99. The number of rotatable bonds is 2. The smallest absolute Gasteiger partial charge is 0.151 e. The molecular formula is C11H14ClN3. The third kappa shape index (κ3) is 2.32. The predicted molar refractivity (Wildman–Crippen MR) is 58.7 cm³/mol. The Morgan fingerprint density at radius 1 is 1.40 bits per heavy atom. The number of aromatic nitrogens is 2. The van der Waals surface area contributed by atoms with Gasteiger partial charge in [-0.05, 0) is 12.8 Å². The molecular weight excluding hydrogens is 210 g/mol. The SMILES string of the molecule is N#CCc1[nH]c(C2CCCCC2)nc1Cl. The summed E-state index contributed by atoms with van der Waals surface area (Å²) in [6.45, 7) is 0. The number of aromatic amines is 1. The summed E-state index contributed by atoms with van der Waals surface area (Å²) in [5.74, 6) is 1.49. The molecule has 80 valence electrons. The van der Waals surface area contributed by atoms with E-state index in [9.17, 15) is 0 Å². The first-order valence-corrected chi connectivity index (χ1v) is 5.80. The first-order chi connectivity index (χ1) is 7.31. The first kappa shape index (κ1) is 10.5. The molecule has 1 heterocycles.